The molecular weight excluding hydrogens is 314 g/mol. The molecule has 2 heterocycles. The van der Waals surface area contributed by atoms with Gasteiger partial charge in [0.05, 0.1) is 11.3 Å². The summed E-state index contributed by atoms with van der Waals surface area (Å²) in [6.07, 6.45) is 1.75. The van der Waals surface area contributed by atoms with E-state index in [0.717, 1.165) is 11.4 Å². The first kappa shape index (κ1) is 17.0. The molecule has 1 amide bonds. The van der Waals surface area contributed by atoms with Crippen LogP contribution in [0.2, 0.25) is 0 Å². The SMILES string of the molecule is Cc1ccc(-c2nn(-c3ccccc3)cc2C(=O)NC(C)C(C)C)o1. The number of aryl methyl sites for hydroxylation is 1. The van der Waals surface area contributed by atoms with E-state index in [1.807, 2.05) is 56.3 Å². The standard InChI is InChI=1S/C20H23N3O2/c1-13(2)15(4)21-20(24)17-12-23(16-8-6-5-7-9-16)22-19(17)18-11-10-14(3)25-18/h5-13,15H,1-4H3,(H,21,24). The molecule has 1 N–H and O–H groups in total. The zero-order chi connectivity index (χ0) is 18.0. The number of rotatable bonds is 5. The van der Waals surface area contributed by atoms with Crippen molar-refractivity contribution in [2.75, 3.05) is 0 Å². The highest BCUT2D eigenvalue weighted by molar-refractivity contribution is 5.99. The van der Waals surface area contributed by atoms with E-state index in [0.29, 0.717) is 22.9 Å². The third kappa shape index (κ3) is 3.65. The first-order chi connectivity index (χ1) is 12.0. The first-order valence-corrected chi connectivity index (χ1v) is 8.48. The summed E-state index contributed by atoms with van der Waals surface area (Å²) in [5.74, 6) is 1.58. The second-order valence-electron chi connectivity index (χ2n) is 6.59. The lowest BCUT2D eigenvalue weighted by atomic mass is 10.1. The van der Waals surface area contributed by atoms with Crippen LogP contribution in [0.4, 0.5) is 0 Å². The number of amides is 1. The zero-order valence-corrected chi connectivity index (χ0v) is 15.0. The summed E-state index contributed by atoms with van der Waals surface area (Å²) in [6, 6.07) is 13.5. The predicted molar refractivity (Wildman–Crippen MR) is 97.8 cm³/mol. The van der Waals surface area contributed by atoms with Crippen molar-refractivity contribution in [3.05, 3.63) is 60.0 Å². The fraction of sp³-hybridized carbons (Fsp3) is 0.300. The maximum Gasteiger partial charge on any atom is 0.255 e. The predicted octanol–water partition coefficient (Wildman–Crippen LogP) is 4.22. The van der Waals surface area contributed by atoms with Crippen LogP contribution in [0.1, 0.15) is 36.9 Å². The minimum atomic E-state index is -0.146. The third-order valence-electron chi connectivity index (χ3n) is 4.31. The van der Waals surface area contributed by atoms with Gasteiger partial charge in [0.15, 0.2) is 5.76 Å². The molecule has 0 radical (unpaired) electrons. The number of carbonyl (C=O) groups excluding carboxylic acids is 1. The number of aromatic nitrogens is 2. The number of para-hydroxylation sites is 1. The van der Waals surface area contributed by atoms with Crippen LogP contribution >= 0.6 is 0 Å². The monoisotopic (exact) mass is 337 g/mol. The number of hydrogen-bond donors (Lipinski definition) is 1. The minimum absolute atomic E-state index is 0.0683. The number of carbonyl (C=O) groups is 1. The fourth-order valence-corrected chi connectivity index (χ4v) is 2.45. The Morgan fingerprint density at radius 3 is 2.44 bits per heavy atom. The number of nitrogens with zero attached hydrogens (tertiary/aromatic N) is 2. The summed E-state index contributed by atoms with van der Waals surface area (Å²) in [7, 11) is 0. The van der Waals surface area contributed by atoms with Gasteiger partial charge in [0.25, 0.3) is 5.91 Å². The fourth-order valence-electron chi connectivity index (χ4n) is 2.45. The minimum Gasteiger partial charge on any atom is -0.460 e. The largest absolute Gasteiger partial charge is 0.460 e. The van der Waals surface area contributed by atoms with Crippen LogP contribution in [0.3, 0.4) is 0 Å². The molecule has 3 aromatic rings. The van der Waals surface area contributed by atoms with Crippen molar-refractivity contribution >= 4 is 5.91 Å². The van der Waals surface area contributed by atoms with E-state index in [4.69, 9.17) is 4.42 Å². The molecular formula is C20H23N3O2. The van der Waals surface area contributed by atoms with Crippen molar-refractivity contribution < 1.29 is 9.21 Å². The number of hydrogen-bond acceptors (Lipinski definition) is 3. The van der Waals surface area contributed by atoms with Crippen LogP contribution in [-0.4, -0.2) is 21.7 Å². The first-order valence-electron chi connectivity index (χ1n) is 8.48. The Labute approximate surface area is 147 Å². The molecule has 2 aromatic heterocycles. The number of nitrogens with one attached hydrogen (secondary N) is 1. The average Bonchev–Trinajstić information content (AvgIpc) is 3.21. The molecule has 0 spiro atoms. The number of furan rings is 1. The molecule has 5 nitrogen and oxygen atoms in total. The second-order valence-corrected chi connectivity index (χ2v) is 6.59. The molecule has 0 saturated carbocycles. The zero-order valence-electron chi connectivity index (χ0n) is 15.0. The van der Waals surface area contributed by atoms with Gasteiger partial charge in [-0.05, 0) is 44.0 Å². The molecule has 25 heavy (non-hydrogen) atoms. The number of benzene rings is 1. The van der Waals surface area contributed by atoms with Gasteiger partial charge in [0, 0.05) is 12.2 Å². The van der Waals surface area contributed by atoms with Crippen molar-refractivity contribution in [2.45, 2.75) is 33.7 Å². The smallest absolute Gasteiger partial charge is 0.255 e. The van der Waals surface area contributed by atoms with E-state index in [1.165, 1.54) is 0 Å². The van der Waals surface area contributed by atoms with Crippen molar-refractivity contribution in [2.24, 2.45) is 5.92 Å². The lowest BCUT2D eigenvalue weighted by molar-refractivity contribution is 0.0931. The summed E-state index contributed by atoms with van der Waals surface area (Å²) in [4.78, 5) is 12.8. The Hall–Kier alpha value is -2.82. The molecule has 0 aliphatic rings. The van der Waals surface area contributed by atoms with E-state index in [9.17, 15) is 4.79 Å². The maximum absolute atomic E-state index is 12.8. The van der Waals surface area contributed by atoms with Gasteiger partial charge in [-0.2, -0.15) is 5.10 Å². The molecule has 1 unspecified atom stereocenters. The van der Waals surface area contributed by atoms with Crippen LogP contribution in [0.15, 0.2) is 53.1 Å². The second kappa shape index (κ2) is 6.97. The maximum atomic E-state index is 12.8. The van der Waals surface area contributed by atoms with Gasteiger partial charge in [-0.3, -0.25) is 4.79 Å². The molecule has 3 rings (SSSR count). The lowest BCUT2D eigenvalue weighted by Crippen LogP contribution is -2.36. The molecule has 5 heteroatoms. The Balaban J connectivity index is 2.03. The molecule has 0 fully saturated rings. The van der Waals surface area contributed by atoms with Gasteiger partial charge in [-0.25, -0.2) is 4.68 Å². The third-order valence-corrected chi connectivity index (χ3v) is 4.31. The molecule has 0 aliphatic heterocycles. The van der Waals surface area contributed by atoms with Crippen LogP contribution in [0, 0.1) is 12.8 Å². The Morgan fingerprint density at radius 1 is 1.12 bits per heavy atom. The molecule has 1 aromatic carbocycles. The highest BCUT2D eigenvalue weighted by Gasteiger charge is 2.22. The topological polar surface area (TPSA) is 60.1 Å². The van der Waals surface area contributed by atoms with Crippen molar-refractivity contribution in [1.82, 2.24) is 15.1 Å². The quantitative estimate of drug-likeness (QED) is 0.758. The summed E-state index contributed by atoms with van der Waals surface area (Å²) >= 11 is 0. The normalized spacial score (nSPS) is 12.4. The Morgan fingerprint density at radius 2 is 1.84 bits per heavy atom. The van der Waals surface area contributed by atoms with Gasteiger partial charge < -0.3 is 9.73 Å². The summed E-state index contributed by atoms with van der Waals surface area (Å²) in [5.41, 5.74) is 1.94. The summed E-state index contributed by atoms with van der Waals surface area (Å²) in [6.45, 7) is 8.03. The van der Waals surface area contributed by atoms with Crippen LogP contribution in [-0.2, 0) is 0 Å². The van der Waals surface area contributed by atoms with Gasteiger partial charge in [-0.1, -0.05) is 32.0 Å². The van der Waals surface area contributed by atoms with Crippen LogP contribution in [0.25, 0.3) is 17.1 Å². The van der Waals surface area contributed by atoms with Gasteiger partial charge in [0.1, 0.15) is 11.5 Å². The van der Waals surface area contributed by atoms with Gasteiger partial charge in [0.2, 0.25) is 0 Å². The van der Waals surface area contributed by atoms with Gasteiger partial charge >= 0.3 is 0 Å². The van der Waals surface area contributed by atoms with Crippen molar-refractivity contribution in [3.8, 4) is 17.1 Å². The van der Waals surface area contributed by atoms with Gasteiger partial charge in [-0.15, -0.1) is 0 Å². The molecule has 0 aliphatic carbocycles. The highest BCUT2D eigenvalue weighted by atomic mass is 16.3. The average molecular weight is 337 g/mol. The Bertz CT molecular complexity index is 862. The van der Waals surface area contributed by atoms with Crippen molar-refractivity contribution in [3.63, 3.8) is 0 Å². The summed E-state index contributed by atoms with van der Waals surface area (Å²) in [5, 5.41) is 7.64. The molecule has 130 valence electrons. The molecule has 1 atom stereocenters. The van der Waals surface area contributed by atoms with E-state index in [1.54, 1.807) is 10.9 Å². The lowest BCUT2D eigenvalue weighted by Gasteiger charge is -2.17. The van der Waals surface area contributed by atoms with E-state index in [-0.39, 0.29) is 11.9 Å². The Kier molecular flexibility index (Phi) is 4.74. The molecule has 0 bridgehead atoms. The van der Waals surface area contributed by atoms with Crippen molar-refractivity contribution in [1.29, 1.82) is 0 Å². The van der Waals surface area contributed by atoms with E-state index < -0.39 is 0 Å². The van der Waals surface area contributed by atoms with Crippen LogP contribution < -0.4 is 5.32 Å². The van der Waals surface area contributed by atoms with E-state index >= 15 is 0 Å². The molecule has 0 saturated heterocycles. The summed E-state index contributed by atoms with van der Waals surface area (Å²) < 4.78 is 7.42. The van der Waals surface area contributed by atoms with E-state index in [2.05, 4.69) is 24.3 Å². The highest BCUT2D eigenvalue weighted by Crippen LogP contribution is 2.26. The van der Waals surface area contributed by atoms with Crippen LogP contribution in [0.5, 0.6) is 0 Å².